The van der Waals surface area contributed by atoms with Crippen molar-refractivity contribution in [1.29, 1.82) is 0 Å². The van der Waals surface area contributed by atoms with Crippen molar-refractivity contribution in [2.45, 2.75) is 33.0 Å². The van der Waals surface area contributed by atoms with Gasteiger partial charge in [-0.15, -0.1) is 17.9 Å². The molecule has 0 aromatic carbocycles. The number of nitrogens with zero attached hydrogens (tertiary/aromatic N) is 3. The normalized spacial score (nSPS) is 12.8. The lowest BCUT2D eigenvalue weighted by Crippen LogP contribution is -2.30. The summed E-state index contributed by atoms with van der Waals surface area (Å²) >= 11 is 1.84. The second kappa shape index (κ2) is 7.72. The lowest BCUT2D eigenvalue weighted by Gasteiger charge is -2.24. The van der Waals surface area contributed by atoms with E-state index in [-0.39, 0.29) is 0 Å². The van der Waals surface area contributed by atoms with E-state index in [1.165, 1.54) is 16.0 Å². The van der Waals surface area contributed by atoms with Crippen LogP contribution in [0.2, 0.25) is 0 Å². The molecule has 0 aliphatic carbocycles. The summed E-state index contributed by atoms with van der Waals surface area (Å²) in [6.07, 6.45) is 3.97. The summed E-state index contributed by atoms with van der Waals surface area (Å²) in [6, 6.07) is 2.60. The first-order chi connectivity index (χ1) is 10.5. The zero-order chi connectivity index (χ0) is 16.1. The van der Waals surface area contributed by atoms with E-state index in [4.69, 9.17) is 0 Å². The van der Waals surface area contributed by atoms with Crippen LogP contribution in [0, 0.1) is 13.8 Å². The summed E-state index contributed by atoms with van der Waals surface area (Å²) in [5.41, 5.74) is 3.71. The first-order valence-corrected chi connectivity index (χ1v) is 8.45. The SMILES string of the molecule is C=CCn1cc(CNC[C@@H](c2sccc2C)N(C)C)c(C)n1. The summed E-state index contributed by atoms with van der Waals surface area (Å²) < 4.78 is 1.94. The molecular weight excluding hydrogens is 292 g/mol. The minimum Gasteiger partial charge on any atom is -0.311 e. The van der Waals surface area contributed by atoms with E-state index in [0.717, 1.165) is 25.3 Å². The average molecular weight is 318 g/mol. The monoisotopic (exact) mass is 318 g/mol. The van der Waals surface area contributed by atoms with E-state index in [2.05, 4.69) is 67.5 Å². The molecule has 22 heavy (non-hydrogen) atoms. The van der Waals surface area contributed by atoms with Gasteiger partial charge in [0.1, 0.15) is 0 Å². The second-order valence-corrected chi connectivity index (χ2v) is 6.78. The molecule has 0 aliphatic rings. The summed E-state index contributed by atoms with van der Waals surface area (Å²) in [4.78, 5) is 3.72. The molecule has 120 valence electrons. The first-order valence-electron chi connectivity index (χ1n) is 7.58. The molecule has 1 atom stereocenters. The molecule has 2 aromatic heterocycles. The van der Waals surface area contributed by atoms with Gasteiger partial charge in [-0.25, -0.2) is 0 Å². The summed E-state index contributed by atoms with van der Waals surface area (Å²) in [6.45, 7) is 10.5. The van der Waals surface area contributed by atoms with Gasteiger partial charge in [0, 0.05) is 29.7 Å². The number of rotatable bonds is 8. The van der Waals surface area contributed by atoms with Crippen LogP contribution in [0.15, 0.2) is 30.3 Å². The number of hydrogen-bond donors (Lipinski definition) is 1. The Morgan fingerprint density at radius 1 is 1.45 bits per heavy atom. The molecule has 0 spiro atoms. The van der Waals surface area contributed by atoms with Gasteiger partial charge in [-0.1, -0.05) is 6.08 Å². The van der Waals surface area contributed by atoms with Crippen molar-refractivity contribution in [2.24, 2.45) is 0 Å². The molecule has 2 aromatic rings. The van der Waals surface area contributed by atoms with E-state index in [9.17, 15) is 0 Å². The van der Waals surface area contributed by atoms with Crippen molar-refractivity contribution < 1.29 is 0 Å². The van der Waals surface area contributed by atoms with Crippen molar-refractivity contribution in [2.75, 3.05) is 20.6 Å². The lowest BCUT2D eigenvalue weighted by atomic mass is 10.1. The maximum atomic E-state index is 4.49. The minimum absolute atomic E-state index is 0.406. The lowest BCUT2D eigenvalue weighted by molar-refractivity contribution is 0.291. The third kappa shape index (κ3) is 4.06. The number of thiophene rings is 1. The van der Waals surface area contributed by atoms with Gasteiger partial charge >= 0.3 is 0 Å². The van der Waals surface area contributed by atoms with Crippen LogP contribution in [-0.2, 0) is 13.1 Å². The van der Waals surface area contributed by atoms with E-state index >= 15 is 0 Å². The third-order valence-corrected chi connectivity index (χ3v) is 4.97. The molecule has 0 bridgehead atoms. The van der Waals surface area contributed by atoms with Crippen LogP contribution in [0.4, 0.5) is 0 Å². The molecule has 0 fully saturated rings. The summed E-state index contributed by atoms with van der Waals surface area (Å²) in [5.74, 6) is 0. The molecule has 0 amide bonds. The highest BCUT2D eigenvalue weighted by atomic mass is 32.1. The summed E-state index contributed by atoms with van der Waals surface area (Å²) in [5, 5.41) is 10.2. The maximum Gasteiger partial charge on any atom is 0.0638 e. The topological polar surface area (TPSA) is 33.1 Å². The Kier molecular flexibility index (Phi) is 5.94. The predicted molar refractivity (Wildman–Crippen MR) is 94.4 cm³/mol. The fourth-order valence-corrected chi connectivity index (χ4v) is 3.66. The number of hydrogen-bond acceptors (Lipinski definition) is 4. The highest BCUT2D eigenvalue weighted by Gasteiger charge is 2.17. The highest BCUT2D eigenvalue weighted by Crippen LogP contribution is 2.26. The maximum absolute atomic E-state index is 4.49. The number of aryl methyl sites for hydroxylation is 2. The van der Waals surface area contributed by atoms with Gasteiger partial charge in [-0.3, -0.25) is 4.68 Å². The molecule has 0 saturated carbocycles. The number of allylic oxidation sites excluding steroid dienone is 1. The number of aromatic nitrogens is 2. The fraction of sp³-hybridized carbons (Fsp3) is 0.471. The van der Waals surface area contributed by atoms with Crippen LogP contribution in [-0.4, -0.2) is 35.3 Å². The quantitative estimate of drug-likeness (QED) is 0.759. The van der Waals surface area contributed by atoms with E-state index in [1.54, 1.807) is 0 Å². The molecule has 2 rings (SSSR count). The standard InChI is InChI=1S/C17H26N4S/c1-6-8-21-12-15(14(3)19-21)10-18-11-16(20(4)5)17-13(2)7-9-22-17/h6-7,9,12,16,18H,1,8,10-11H2,2-5H3/t16-/m0/s1. The first kappa shape index (κ1) is 16.9. The largest absolute Gasteiger partial charge is 0.311 e. The van der Waals surface area contributed by atoms with E-state index in [0.29, 0.717) is 6.04 Å². The molecule has 1 N–H and O–H groups in total. The smallest absolute Gasteiger partial charge is 0.0638 e. The Hall–Kier alpha value is -1.43. The zero-order valence-electron chi connectivity index (χ0n) is 14.0. The van der Waals surface area contributed by atoms with Crippen molar-refractivity contribution in [3.05, 3.63) is 52.0 Å². The molecular formula is C17H26N4S. The van der Waals surface area contributed by atoms with Crippen LogP contribution >= 0.6 is 11.3 Å². The number of nitrogens with one attached hydrogen (secondary N) is 1. The van der Waals surface area contributed by atoms with Crippen molar-refractivity contribution in [1.82, 2.24) is 20.0 Å². The third-order valence-electron chi connectivity index (χ3n) is 3.85. The number of likely N-dealkylation sites (N-methyl/N-ethyl adjacent to an activating group) is 1. The van der Waals surface area contributed by atoms with Gasteiger partial charge < -0.3 is 10.2 Å². The molecule has 5 heteroatoms. The predicted octanol–water partition coefficient (Wildman–Crippen LogP) is 3.14. The molecule has 0 unspecified atom stereocenters. The minimum atomic E-state index is 0.406. The molecule has 2 heterocycles. The van der Waals surface area contributed by atoms with Gasteiger partial charge in [-0.05, 0) is 45.0 Å². The van der Waals surface area contributed by atoms with Gasteiger partial charge in [0.2, 0.25) is 0 Å². The van der Waals surface area contributed by atoms with Gasteiger partial charge in [0.25, 0.3) is 0 Å². The van der Waals surface area contributed by atoms with Gasteiger partial charge in [0.05, 0.1) is 18.3 Å². The Balaban J connectivity index is 1.96. The Bertz CT molecular complexity index is 612. The van der Waals surface area contributed by atoms with Crippen LogP contribution in [0.5, 0.6) is 0 Å². The van der Waals surface area contributed by atoms with Crippen LogP contribution in [0.1, 0.15) is 27.7 Å². The average Bonchev–Trinajstić information content (AvgIpc) is 3.02. The Morgan fingerprint density at radius 3 is 2.82 bits per heavy atom. The van der Waals surface area contributed by atoms with Crippen molar-refractivity contribution in [3.63, 3.8) is 0 Å². The second-order valence-electron chi connectivity index (χ2n) is 5.83. The Morgan fingerprint density at radius 2 is 2.23 bits per heavy atom. The van der Waals surface area contributed by atoms with Crippen LogP contribution in [0.3, 0.4) is 0 Å². The van der Waals surface area contributed by atoms with E-state index < -0.39 is 0 Å². The van der Waals surface area contributed by atoms with Gasteiger partial charge in [-0.2, -0.15) is 5.10 Å². The fourth-order valence-electron chi connectivity index (χ4n) is 2.54. The van der Waals surface area contributed by atoms with Gasteiger partial charge in [0.15, 0.2) is 0 Å². The molecule has 4 nitrogen and oxygen atoms in total. The van der Waals surface area contributed by atoms with Crippen LogP contribution in [0.25, 0.3) is 0 Å². The van der Waals surface area contributed by atoms with Crippen molar-refractivity contribution in [3.8, 4) is 0 Å². The molecule has 0 radical (unpaired) electrons. The van der Waals surface area contributed by atoms with Crippen LogP contribution < -0.4 is 5.32 Å². The van der Waals surface area contributed by atoms with E-state index in [1.807, 2.05) is 22.1 Å². The molecule has 0 saturated heterocycles. The summed E-state index contributed by atoms with van der Waals surface area (Å²) in [7, 11) is 4.28. The highest BCUT2D eigenvalue weighted by molar-refractivity contribution is 7.10. The zero-order valence-corrected chi connectivity index (χ0v) is 14.8. The Labute approximate surface area is 137 Å². The van der Waals surface area contributed by atoms with Crippen molar-refractivity contribution >= 4 is 11.3 Å². The molecule has 0 aliphatic heterocycles.